The summed E-state index contributed by atoms with van der Waals surface area (Å²) in [4.78, 5) is 77.4. The third-order valence-electron chi connectivity index (χ3n) is 9.41. The molecule has 0 spiro atoms. The van der Waals surface area contributed by atoms with Gasteiger partial charge in [-0.2, -0.15) is 4.98 Å². The number of carbonyl (C=O) groups excluding carboxylic acids is 5. The fourth-order valence-electron chi connectivity index (χ4n) is 6.57. The van der Waals surface area contributed by atoms with Gasteiger partial charge < -0.3 is 38.1 Å². The first kappa shape index (κ1) is 39.7. The number of rotatable bonds is 18. The first-order chi connectivity index (χ1) is 26.5. The van der Waals surface area contributed by atoms with Crippen molar-refractivity contribution in [3.63, 3.8) is 0 Å². The number of nitrogens with zero attached hydrogens (tertiary/aromatic N) is 3. The minimum atomic E-state index is -1.12. The molecule has 5 amide bonds. The number of aromatic nitrogens is 4. The predicted octanol–water partition coefficient (Wildman–Crippen LogP) is 1.76. The number of guanidine groups is 1. The van der Waals surface area contributed by atoms with Crippen molar-refractivity contribution in [1.82, 2.24) is 36.1 Å². The fraction of sp³-hybridized carbons (Fsp3) is 0.368. The highest BCUT2D eigenvalue weighted by Crippen LogP contribution is 2.27. The Morgan fingerprint density at radius 3 is 2.33 bits per heavy atom. The molecule has 17 nitrogen and oxygen atoms in total. The van der Waals surface area contributed by atoms with Crippen LogP contribution in [0.4, 0.5) is 5.95 Å². The summed E-state index contributed by atoms with van der Waals surface area (Å²) in [6, 6.07) is 13.5. The van der Waals surface area contributed by atoms with Crippen molar-refractivity contribution in [2.45, 2.75) is 75.9 Å². The van der Waals surface area contributed by atoms with Gasteiger partial charge in [-0.05, 0) is 48.4 Å². The molecule has 0 bridgehead atoms. The maximum Gasteiger partial charge on any atom is 0.289 e. The average Bonchev–Trinajstić information content (AvgIpc) is 3.82. The van der Waals surface area contributed by atoms with Gasteiger partial charge in [-0.3, -0.25) is 39.4 Å². The summed E-state index contributed by atoms with van der Waals surface area (Å²) < 4.78 is 0. The number of anilines is 1. The van der Waals surface area contributed by atoms with Crippen LogP contribution in [0.25, 0.3) is 17.0 Å². The topological polar surface area (TPSA) is 281 Å². The van der Waals surface area contributed by atoms with Gasteiger partial charge in [-0.25, -0.2) is 0 Å². The normalized spacial score (nSPS) is 14.8. The first-order valence-electron chi connectivity index (χ1n) is 18.3. The number of benzene rings is 2. The van der Waals surface area contributed by atoms with E-state index in [1.54, 1.807) is 12.3 Å². The number of hydrogen-bond donors (Lipinski definition) is 9. The Hall–Kier alpha value is -6.52. The molecular weight excluding hydrogens is 704 g/mol. The SMILES string of the molecule is NC(=O)[C@H](Cc1ccccc1)NC(=O)[C@H](CCCN=C(N)N)NC(=O)[C@H](CC1CCCCC1)NC(=O)c1nc(NC(=O)/C=C/c2c[nH]c3ccccc23)n[nH]1. The Balaban J connectivity index is 1.26. The highest BCUT2D eigenvalue weighted by molar-refractivity contribution is 6.03. The number of aliphatic imine (C=N–C) groups is 1. The van der Waals surface area contributed by atoms with Crippen molar-refractivity contribution in [2.75, 3.05) is 11.9 Å². The molecule has 5 rings (SSSR count). The maximum atomic E-state index is 14.0. The third-order valence-corrected chi connectivity index (χ3v) is 9.41. The van der Waals surface area contributed by atoms with Crippen LogP contribution >= 0.6 is 0 Å². The van der Waals surface area contributed by atoms with E-state index in [9.17, 15) is 24.0 Å². The molecule has 1 aliphatic carbocycles. The number of para-hydroxylation sites is 1. The van der Waals surface area contributed by atoms with Gasteiger partial charge in [0.25, 0.3) is 11.8 Å². The minimum absolute atomic E-state index is 0.117. The molecule has 4 aromatic rings. The summed E-state index contributed by atoms with van der Waals surface area (Å²) >= 11 is 0. The maximum absolute atomic E-state index is 14.0. The number of fused-ring (bicyclic) bond motifs is 1. The van der Waals surface area contributed by atoms with Crippen LogP contribution < -0.4 is 38.5 Å². The number of H-pyrrole nitrogens is 2. The zero-order valence-electron chi connectivity index (χ0n) is 30.4. The van der Waals surface area contributed by atoms with E-state index in [-0.39, 0.29) is 43.0 Å². The Kier molecular flexibility index (Phi) is 14.1. The number of primary amides is 1. The molecule has 290 valence electrons. The van der Waals surface area contributed by atoms with Crippen molar-refractivity contribution in [2.24, 2.45) is 28.1 Å². The van der Waals surface area contributed by atoms with E-state index in [0.29, 0.717) is 12.8 Å². The summed E-state index contributed by atoms with van der Waals surface area (Å²) in [5.74, 6) is -3.55. The molecule has 17 heteroatoms. The summed E-state index contributed by atoms with van der Waals surface area (Å²) in [7, 11) is 0. The van der Waals surface area contributed by atoms with Gasteiger partial charge >= 0.3 is 0 Å². The number of amides is 5. The van der Waals surface area contributed by atoms with Crippen LogP contribution in [0.1, 0.15) is 73.1 Å². The van der Waals surface area contributed by atoms with E-state index in [2.05, 4.69) is 46.4 Å². The van der Waals surface area contributed by atoms with Crippen molar-refractivity contribution in [1.29, 1.82) is 0 Å². The molecule has 0 saturated heterocycles. The summed E-state index contributed by atoms with van der Waals surface area (Å²) in [6.45, 7) is 0.191. The second kappa shape index (κ2) is 19.5. The van der Waals surface area contributed by atoms with Crippen LogP contribution in [0.3, 0.4) is 0 Å². The number of nitrogens with two attached hydrogens (primary N) is 3. The monoisotopic (exact) mass is 752 g/mol. The number of hydrogen-bond acceptors (Lipinski definition) is 8. The number of aromatic amines is 2. The highest BCUT2D eigenvalue weighted by atomic mass is 16.2. The van der Waals surface area contributed by atoms with Gasteiger partial charge in [-0.1, -0.05) is 80.6 Å². The second-order valence-corrected chi connectivity index (χ2v) is 13.5. The molecule has 55 heavy (non-hydrogen) atoms. The molecule has 0 unspecified atom stereocenters. The Morgan fingerprint density at radius 2 is 1.58 bits per heavy atom. The summed E-state index contributed by atoms with van der Waals surface area (Å²) in [5.41, 5.74) is 19.1. The molecule has 1 saturated carbocycles. The highest BCUT2D eigenvalue weighted by Gasteiger charge is 2.32. The molecule has 1 aliphatic rings. The van der Waals surface area contributed by atoms with Crippen molar-refractivity contribution in [3.05, 3.63) is 83.8 Å². The van der Waals surface area contributed by atoms with Crippen LogP contribution in [0.2, 0.25) is 0 Å². The Labute approximate surface area is 317 Å². The quantitative estimate of drug-likeness (QED) is 0.0309. The van der Waals surface area contributed by atoms with Crippen molar-refractivity contribution in [3.8, 4) is 0 Å². The molecule has 2 heterocycles. The second-order valence-electron chi connectivity index (χ2n) is 13.5. The molecule has 2 aromatic heterocycles. The zero-order valence-corrected chi connectivity index (χ0v) is 30.4. The van der Waals surface area contributed by atoms with Crippen LogP contribution in [-0.2, 0) is 25.6 Å². The Bertz CT molecular complexity index is 2000. The lowest BCUT2D eigenvalue weighted by atomic mass is 9.84. The minimum Gasteiger partial charge on any atom is -0.370 e. The largest absolute Gasteiger partial charge is 0.370 e. The zero-order chi connectivity index (χ0) is 39.2. The molecule has 0 radical (unpaired) electrons. The van der Waals surface area contributed by atoms with Crippen LogP contribution in [0.15, 0.2) is 71.9 Å². The Morgan fingerprint density at radius 1 is 0.873 bits per heavy atom. The third kappa shape index (κ3) is 12.0. The van der Waals surface area contributed by atoms with Crippen LogP contribution in [0, 0.1) is 5.92 Å². The first-order valence-corrected chi connectivity index (χ1v) is 18.3. The molecular formula is C38H48N12O5. The smallest absolute Gasteiger partial charge is 0.289 e. The average molecular weight is 753 g/mol. The van der Waals surface area contributed by atoms with Gasteiger partial charge in [0.2, 0.25) is 29.5 Å². The van der Waals surface area contributed by atoms with Crippen LogP contribution in [0.5, 0.6) is 0 Å². The van der Waals surface area contributed by atoms with E-state index >= 15 is 0 Å². The number of carbonyl (C=O) groups is 5. The lowest BCUT2D eigenvalue weighted by molar-refractivity contribution is -0.132. The standard InChI is InChI=1S/C38H48N12O5/c39-32(52)29(20-23-10-3-1-4-11-23)45-34(53)28(16-9-19-42-37(40)41)44-35(54)30(21-24-12-5-2-6-13-24)46-36(55)33-48-38(50-49-33)47-31(51)18-17-25-22-43-27-15-8-7-14-26(25)27/h1,3-4,7-8,10-11,14-15,17-18,22,24,28-30,43H,2,5-6,9,12-13,16,19-21H2,(H2,39,52)(H,44,54)(H,45,53)(H,46,55)(H4,40,41,42)(H2,47,48,49,50,51)/b18-17+/t28-,29-,30-/m0/s1. The molecule has 0 aliphatic heterocycles. The van der Waals surface area contributed by atoms with E-state index in [0.717, 1.165) is 54.1 Å². The van der Waals surface area contributed by atoms with Gasteiger partial charge in [0.1, 0.15) is 18.1 Å². The lowest BCUT2D eigenvalue weighted by Crippen LogP contribution is -2.57. The molecule has 3 atom stereocenters. The van der Waals surface area contributed by atoms with Gasteiger partial charge in [0, 0.05) is 36.1 Å². The molecule has 12 N–H and O–H groups in total. The van der Waals surface area contributed by atoms with E-state index in [1.165, 1.54) is 6.08 Å². The van der Waals surface area contributed by atoms with Crippen LogP contribution in [-0.4, -0.2) is 80.3 Å². The molecule has 1 fully saturated rings. The van der Waals surface area contributed by atoms with E-state index < -0.39 is 47.7 Å². The summed E-state index contributed by atoms with van der Waals surface area (Å²) in [6.07, 6.45) is 10.5. The van der Waals surface area contributed by atoms with Crippen molar-refractivity contribution < 1.29 is 24.0 Å². The van der Waals surface area contributed by atoms with Gasteiger partial charge in [-0.15, -0.1) is 5.10 Å². The number of nitrogens with one attached hydrogen (secondary N) is 6. The lowest BCUT2D eigenvalue weighted by Gasteiger charge is -2.28. The van der Waals surface area contributed by atoms with Gasteiger partial charge in [0.05, 0.1) is 0 Å². The molecule has 2 aromatic carbocycles. The predicted molar refractivity (Wildman–Crippen MR) is 208 cm³/mol. The van der Waals surface area contributed by atoms with E-state index in [1.807, 2.05) is 54.6 Å². The van der Waals surface area contributed by atoms with E-state index in [4.69, 9.17) is 17.2 Å². The fourth-order valence-corrected chi connectivity index (χ4v) is 6.57. The van der Waals surface area contributed by atoms with Crippen molar-refractivity contribution >= 4 is 58.4 Å². The summed E-state index contributed by atoms with van der Waals surface area (Å²) in [5, 5.41) is 18.2. The van der Waals surface area contributed by atoms with Gasteiger partial charge in [0.15, 0.2) is 5.96 Å².